The molecule has 0 aromatic heterocycles. The molecule has 0 fully saturated rings. The van der Waals surface area contributed by atoms with Crippen molar-refractivity contribution in [1.82, 2.24) is 5.32 Å². The zero-order chi connectivity index (χ0) is 22.4. The number of carbonyl (C=O) groups is 1. The quantitative estimate of drug-likeness (QED) is 0.495. The average molecular weight is 461 g/mol. The van der Waals surface area contributed by atoms with Gasteiger partial charge in [-0.05, 0) is 67.8 Å². The van der Waals surface area contributed by atoms with Crippen LogP contribution in [0, 0.1) is 5.82 Å². The number of hydrogen-bond donors (Lipinski definition) is 2. The first-order valence-electron chi connectivity index (χ1n) is 9.67. The molecular weight excluding hydrogens is 439 g/mol. The van der Waals surface area contributed by atoms with Gasteiger partial charge < -0.3 is 5.32 Å². The number of rotatable bonds is 8. The Bertz CT molecular complexity index is 1150. The number of amides is 1. The molecule has 1 unspecified atom stereocenters. The minimum Gasteiger partial charge on any atom is -0.350 e. The number of nitrogens with one attached hydrogen (secondary N) is 2. The number of hydrogen-bond acceptors (Lipinski definition) is 3. The van der Waals surface area contributed by atoms with Crippen LogP contribution in [0.1, 0.15) is 29.3 Å². The van der Waals surface area contributed by atoms with Gasteiger partial charge >= 0.3 is 0 Å². The predicted octanol–water partition coefficient (Wildman–Crippen LogP) is 5.03. The van der Waals surface area contributed by atoms with E-state index in [9.17, 15) is 17.6 Å². The molecule has 3 aromatic carbocycles. The van der Waals surface area contributed by atoms with Gasteiger partial charge in [-0.3, -0.25) is 9.52 Å². The number of anilines is 1. The topological polar surface area (TPSA) is 75.3 Å². The molecule has 0 saturated carbocycles. The average Bonchev–Trinajstić information content (AvgIpc) is 2.74. The highest BCUT2D eigenvalue weighted by Crippen LogP contribution is 2.26. The zero-order valence-electron chi connectivity index (χ0n) is 16.8. The summed E-state index contributed by atoms with van der Waals surface area (Å²) in [5.41, 5.74) is 1.52. The van der Waals surface area contributed by atoms with E-state index in [2.05, 4.69) is 10.0 Å². The summed E-state index contributed by atoms with van der Waals surface area (Å²) >= 11 is 6.12. The van der Waals surface area contributed by atoms with Crippen molar-refractivity contribution in [1.29, 1.82) is 0 Å². The molecular formula is C23H22ClFN2O3S. The molecule has 0 aliphatic heterocycles. The lowest BCUT2D eigenvalue weighted by Crippen LogP contribution is -2.33. The van der Waals surface area contributed by atoms with Gasteiger partial charge in [0.1, 0.15) is 5.82 Å². The van der Waals surface area contributed by atoms with E-state index >= 15 is 0 Å². The molecule has 3 rings (SSSR count). The summed E-state index contributed by atoms with van der Waals surface area (Å²) in [4.78, 5) is 12.5. The Kier molecular flexibility index (Phi) is 7.30. The Morgan fingerprint density at radius 3 is 2.39 bits per heavy atom. The lowest BCUT2D eigenvalue weighted by Gasteiger charge is -2.15. The van der Waals surface area contributed by atoms with Gasteiger partial charge in [0.15, 0.2) is 0 Å². The van der Waals surface area contributed by atoms with Crippen LogP contribution in [-0.4, -0.2) is 20.4 Å². The molecule has 2 N–H and O–H groups in total. The molecule has 0 spiro atoms. The molecule has 31 heavy (non-hydrogen) atoms. The molecule has 0 radical (unpaired) electrons. The van der Waals surface area contributed by atoms with Gasteiger partial charge in [0.05, 0.1) is 15.6 Å². The van der Waals surface area contributed by atoms with Crippen molar-refractivity contribution in [3.05, 3.63) is 94.8 Å². The monoisotopic (exact) mass is 460 g/mol. The van der Waals surface area contributed by atoms with Crippen LogP contribution < -0.4 is 10.0 Å². The van der Waals surface area contributed by atoms with Gasteiger partial charge in [0, 0.05) is 11.6 Å². The fourth-order valence-corrected chi connectivity index (χ4v) is 4.26. The van der Waals surface area contributed by atoms with Gasteiger partial charge in [-0.25, -0.2) is 12.8 Å². The van der Waals surface area contributed by atoms with Gasteiger partial charge in [-0.1, -0.05) is 41.9 Å². The molecule has 8 heteroatoms. The molecule has 5 nitrogen and oxygen atoms in total. The number of carbonyl (C=O) groups excluding carboxylic acids is 1. The van der Waals surface area contributed by atoms with E-state index in [1.54, 1.807) is 0 Å². The molecule has 162 valence electrons. The van der Waals surface area contributed by atoms with Crippen molar-refractivity contribution >= 4 is 33.2 Å². The lowest BCUT2D eigenvalue weighted by atomic mass is 10.1. The lowest BCUT2D eigenvalue weighted by molar-refractivity contribution is 0.0938. The maximum atomic E-state index is 13.1. The summed E-state index contributed by atoms with van der Waals surface area (Å²) in [6.45, 7) is 1.91. The van der Waals surface area contributed by atoms with Crippen molar-refractivity contribution in [3.8, 4) is 0 Å². The highest BCUT2D eigenvalue weighted by Gasteiger charge is 2.18. The summed E-state index contributed by atoms with van der Waals surface area (Å²) in [6.07, 6.45) is 1.58. The Morgan fingerprint density at radius 1 is 1.03 bits per heavy atom. The van der Waals surface area contributed by atoms with Crippen LogP contribution in [0.3, 0.4) is 0 Å². The first-order chi connectivity index (χ1) is 14.7. The summed E-state index contributed by atoms with van der Waals surface area (Å²) < 4.78 is 40.5. The second-order valence-corrected chi connectivity index (χ2v) is 9.24. The third-order valence-corrected chi connectivity index (χ3v) is 6.39. The van der Waals surface area contributed by atoms with E-state index in [1.807, 2.05) is 37.3 Å². The zero-order valence-corrected chi connectivity index (χ0v) is 18.4. The fourth-order valence-electron chi connectivity index (χ4n) is 2.97. The molecule has 1 atom stereocenters. The van der Waals surface area contributed by atoms with Gasteiger partial charge in [-0.15, -0.1) is 0 Å². The normalized spacial score (nSPS) is 12.2. The fraction of sp³-hybridized carbons (Fsp3) is 0.174. The third-order valence-electron chi connectivity index (χ3n) is 4.68. The molecule has 0 saturated heterocycles. The number of aryl methyl sites for hydroxylation is 1. The summed E-state index contributed by atoms with van der Waals surface area (Å²) in [7, 11) is -3.99. The highest BCUT2D eigenvalue weighted by molar-refractivity contribution is 7.92. The molecule has 0 aliphatic rings. The molecule has 3 aromatic rings. The Balaban J connectivity index is 1.68. The first kappa shape index (κ1) is 22.8. The standard InChI is InChI=1S/C23H22ClFN2O3S/c1-16(7-8-17-5-3-2-4-6-17)26-23(28)18-9-14-21(24)22(15-18)27-31(29,30)20-12-10-19(25)11-13-20/h2-6,9-16,27H,7-8H2,1H3,(H,26,28). The van der Waals surface area contributed by atoms with E-state index in [0.29, 0.717) is 0 Å². The highest BCUT2D eigenvalue weighted by atomic mass is 35.5. The maximum Gasteiger partial charge on any atom is 0.261 e. The van der Waals surface area contributed by atoms with Crippen molar-refractivity contribution in [2.24, 2.45) is 0 Å². The minimum atomic E-state index is -3.99. The van der Waals surface area contributed by atoms with E-state index in [0.717, 1.165) is 37.1 Å². The van der Waals surface area contributed by atoms with Crippen LogP contribution in [-0.2, 0) is 16.4 Å². The van der Waals surface area contributed by atoms with Crippen LogP contribution in [0.2, 0.25) is 5.02 Å². The largest absolute Gasteiger partial charge is 0.350 e. The van der Waals surface area contributed by atoms with Crippen molar-refractivity contribution in [2.45, 2.75) is 30.7 Å². The first-order valence-corrected chi connectivity index (χ1v) is 11.5. The molecule has 1 amide bonds. The minimum absolute atomic E-state index is 0.0654. The van der Waals surface area contributed by atoms with Crippen LogP contribution in [0.15, 0.2) is 77.7 Å². The third kappa shape index (κ3) is 6.29. The van der Waals surface area contributed by atoms with E-state index in [1.165, 1.54) is 23.8 Å². The van der Waals surface area contributed by atoms with Crippen LogP contribution in [0.25, 0.3) is 0 Å². The van der Waals surface area contributed by atoms with Gasteiger partial charge in [0.2, 0.25) is 0 Å². The van der Waals surface area contributed by atoms with Crippen molar-refractivity contribution in [3.63, 3.8) is 0 Å². The molecule has 0 heterocycles. The molecule has 0 aliphatic carbocycles. The summed E-state index contributed by atoms with van der Waals surface area (Å²) in [6, 6.07) is 18.6. The molecule has 0 bridgehead atoms. The number of benzene rings is 3. The van der Waals surface area contributed by atoms with E-state index < -0.39 is 15.8 Å². The number of sulfonamides is 1. The summed E-state index contributed by atoms with van der Waals surface area (Å²) in [5.74, 6) is -0.878. The van der Waals surface area contributed by atoms with Gasteiger partial charge in [-0.2, -0.15) is 0 Å². The van der Waals surface area contributed by atoms with Crippen LogP contribution >= 0.6 is 11.6 Å². The second kappa shape index (κ2) is 9.94. The number of halogens is 2. The van der Waals surface area contributed by atoms with Crippen molar-refractivity contribution in [2.75, 3.05) is 4.72 Å². The Morgan fingerprint density at radius 2 is 1.71 bits per heavy atom. The summed E-state index contributed by atoms with van der Waals surface area (Å²) in [5, 5.41) is 3.05. The predicted molar refractivity (Wildman–Crippen MR) is 120 cm³/mol. The van der Waals surface area contributed by atoms with E-state index in [-0.39, 0.29) is 33.1 Å². The maximum absolute atomic E-state index is 13.1. The Labute approximate surface area is 186 Å². The second-order valence-electron chi connectivity index (χ2n) is 7.15. The van der Waals surface area contributed by atoms with E-state index in [4.69, 9.17) is 11.6 Å². The van der Waals surface area contributed by atoms with Crippen molar-refractivity contribution < 1.29 is 17.6 Å². The smallest absolute Gasteiger partial charge is 0.261 e. The van der Waals surface area contributed by atoms with Crippen LogP contribution in [0.5, 0.6) is 0 Å². The van der Waals surface area contributed by atoms with Crippen LogP contribution in [0.4, 0.5) is 10.1 Å². The Hall–Kier alpha value is -2.90. The van der Waals surface area contributed by atoms with Gasteiger partial charge in [0.25, 0.3) is 15.9 Å². The SMILES string of the molecule is CC(CCc1ccccc1)NC(=O)c1ccc(Cl)c(NS(=O)(=O)c2ccc(F)cc2)c1.